The molecule has 0 aliphatic carbocycles. The molecule has 2 fully saturated rings. The number of hydrogen-bond acceptors (Lipinski definition) is 4. The second kappa shape index (κ2) is 7.82. The van der Waals surface area contributed by atoms with Crippen LogP contribution in [0.4, 0.5) is 0 Å². The number of aliphatic hydroxyl groups excluding tert-OH is 1. The molecule has 2 saturated heterocycles. The molecule has 0 bridgehead atoms. The first kappa shape index (κ1) is 14.8. The predicted octanol–water partition coefficient (Wildman–Crippen LogP) is 0.376. The van der Waals surface area contributed by atoms with Gasteiger partial charge in [-0.2, -0.15) is 0 Å². The van der Waals surface area contributed by atoms with Crippen molar-refractivity contribution in [2.24, 2.45) is 5.92 Å². The Kier molecular flexibility index (Phi) is 6.07. The van der Waals surface area contributed by atoms with Crippen LogP contribution in [-0.2, 0) is 9.53 Å². The van der Waals surface area contributed by atoms with E-state index in [4.69, 9.17) is 9.84 Å². The van der Waals surface area contributed by atoms with E-state index in [9.17, 15) is 4.79 Å². The van der Waals surface area contributed by atoms with Gasteiger partial charge in [0, 0.05) is 19.5 Å². The maximum absolute atomic E-state index is 12.2. The maximum atomic E-state index is 12.2. The van der Waals surface area contributed by atoms with Gasteiger partial charge in [0.05, 0.1) is 19.3 Å². The van der Waals surface area contributed by atoms with Gasteiger partial charge in [-0.1, -0.05) is 0 Å². The monoisotopic (exact) mass is 270 g/mol. The number of piperidine rings is 2. The number of ether oxygens (including phenoxy) is 1. The number of rotatable bonds is 5. The summed E-state index contributed by atoms with van der Waals surface area (Å²) in [5.74, 6) is 0.879. The number of carbonyl (C=O) groups excluding carboxylic acids is 1. The Labute approximate surface area is 115 Å². The molecule has 0 saturated carbocycles. The van der Waals surface area contributed by atoms with E-state index in [0.717, 1.165) is 51.9 Å². The quantitative estimate of drug-likeness (QED) is 0.758. The predicted molar refractivity (Wildman–Crippen MR) is 72.9 cm³/mol. The standard InChI is InChI=1S/C14H26N2O3/c17-9-10-19-13-3-7-16(8-4-13)14(18)11-12-1-5-15-6-2-12/h12-13,15,17H,1-11H2. The molecule has 5 heteroatoms. The molecular formula is C14H26N2O3. The summed E-state index contributed by atoms with van der Waals surface area (Å²) in [5, 5.41) is 12.1. The van der Waals surface area contributed by atoms with Gasteiger partial charge in [0.1, 0.15) is 0 Å². The Balaban J connectivity index is 1.67. The molecule has 0 aromatic heterocycles. The summed E-state index contributed by atoms with van der Waals surface area (Å²) in [6.07, 6.45) is 4.98. The number of hydrogen-bond donors (Lipinski definition) is 2. The van der Waals surface area contributed by atoms with Crippen LogP contribution in [0.5, 0.6) is 0 Å². The number of aliphatic hydroxyl groups is 1. The molecule has 110 valence electrons. The van der Waals surface area contributed by atoms with Crippen LogP contribution in [0, 0.1) is 5.92 Å². The molecule has 1 amide bonds. The minimum Gasteiger partial charge on any atom is -0.394 e. The van der Waals surface area contributed by atoms with Gasteiger partial charge in [-0.05, 0) is 44.7 Å². The molecule has 2 N–H and O–H groups in total. The Hall–Kier alpha value is -0.650. The van der Waals surface area contributed by atoms with Crippen LogP contribution in [0.2, 0.25) is 0 Å². The molecule has 2 rings (SSSR count). The second-order valence-electron chi connectivity index (χ2n) is 5.57. The zero-order valence-corrected chi connectivity index (χ0v) is 11.6. The van der Waals surface area contributed by atoms with Crippen molar-refractivity contribution in [3.8, 4) is 0 Å². The molecule has 0 aromatic carbocycles. The van der Waals surface area contributed by atoms with Crippen molar-refractivity contribution in [1.82, 2.24) is 10.2 Å². The lowest BCUT2D eigenvalue weighted by Crippen LogP contribution is -2.42. The van der Waals surface area contributed by atoms with Gasteiger partial charge in [0.15, 0.2) is 0 Å². The normalized spacial score (nSPS) is 22.7. The van der Waals surface area contributed by atoms with E-state index in [2.05, 4.69) is 5.32 Å². The number of nitrogens with zero attached hydrogens (tertiary/aromatic N) is 1. The lowest BCUT2D eigenvalue weighted by molar-refractivity contribution is -0.135. The summed E-state index contributed by atoms with van der Waals surface area (Å²) in [4.78, 5) is 14.2. The second-order valence-corrected chi connectivity index (χ2v) is 5.57. The Bertz CT molecular complexity index is 272. The largest absolute Gasteiger partial charge is 0.394 e. The van der Waals surface area contributed by atoms with Gasteiger partial charge in [-0.25, -0.2) is 0 Å². The van der Waals surface area contributed by atoms with Gasteiger partial charge in [0.2, 0.25) is 5.91 Å². The maximum Gasteiger partial charge on any atom is 0.222 e. The Morgan fingerprint density at radius 2 is 1.89 bits per heavy atom. The average molecular weight is 270 g/mol. The van der Waals surface area contributed by atoms with Gasteiger partial charge in [-0.3, -0.25) is 4.79 Å². The molecule has 2 aliphatic heterocycles. The Morgan fingerprint density at radius 1 is 1.21 bits per heavy atom. The fourth-order valence-corrected chi connectivity index (χ4v) is 2.95. The lowest BCUT2D eigenvalue weighted by Gasteiger charge is -2.33. The van der Waals surface area contributed by atoms with E-state index in [1.165, 1.54) is 0 Å². The first-order valence-corrected chi connectivity index (χ1v) is 7.50. The molecule has 0 aromatic rings. The van der Waals surface area contributed by atoms with Crippen molar-refractivity contribution in [3.63, 3.8) is 0 Å². The highest BCUT2D eigenvalue weighted by atomic mass is 16.5. The fraction of sp³-hybridized carbons (Fsp3) is 0.929. The summed E-state index contributed by atoms with van der Waals surface area (Å²) in [6.45, 7) is 4.20. The summed E-state index contributed by atoms with van der Waals surface area (Å²) in [5.41, 5.74) is 0. The van der Waals surface area contributed by atoms with Crippen molar-refractivity contribution < 1.29 is 14.6 Å². The molecule has 0 unspecified atom stereocenters. The van der Waals surface area contributed by atoms with Gasteiger partial charge in [0.25, 0.3) is 0 Å². The SMILES string of the molecule is O=C(CC1CCNCC1)N1CCC(OCCO)CC1. The molecule has 5 nitrogen and oxygen atoms in total. The molecule has 2 aliphatic rings. The van der Waals surface area contributed by atoms with E-state index in [-0.39, 0.29) is 12.7 Å². The van der Waals surface area contributed by atoms with Gasteiger partial charge >= 0.3 is 0 Å². The smallest absolute Gasteiger partial charge is 0.222 e. The van der Waals surface area contributed by atoms with Crippen LogP contribution in [0.3, 0.4) is 0 Å². The fourth-order valence-electron chi connectivity index (χ4n) is 2.95. The third-order valence-corrected chi connectivity index (χ3v) is 4.16. The van der Waals surface area contributed by atoms with Crippen molar-refractivity contribution in [3.05, 3.63) is 0 Å². The van der Waals surface area contributed by atoms with Crippen molar-refractivity contribution in [2.45, 2.75) is 38.2 Å². The molecule has 2 heterocycles. The minimum absolute atomic E-state index is 0.0782. The van der Waals surface area contributed by atoms with Gasteiger partial charge < -0.3 is 20.1 Å². The van der Waals surface area contributed by atoms with E-state index in [0.29, 0.717) is 24.9 Å². The molecular weight excluding hydrogens is 244 g/mol. The summed E-state index contributed by atoms with van der Waals surface area (Å²) in [7, 11) is 0. The highest BCUT2D eigenvalue weighted by Crippen LogP contribution is 2.20. The Morgan fingerprint density at radius 3 is 2.53 bits per heavy atom. The van der Waals surface area contributed by atoms with E-state index >= 15 is 0 Å². The highest BCUT2D eigenvalue weighted by molar-refractivity contribution is 5.76. The van der Waals surface area contributed by atoms with Crippen molar-refractivity contribution in [2.75, 3.05) is 39.4 Å². The molecule has 0 atom stereocenters. The first-order valence-electron chi connectivity index (χ1n) is 7.50. The number of carbonyl (C=O) groups is 1. The third kappa shape index (κ3) is 4.75. The number of amides is 1. The number of nitrogens with one attached hydrogen (secondary N) is 1. The highest BCUT2D eigenvalue weighted by Gasteiger charge is 2.25. The summed E-state index contributed by atoms with van der Waals surface area (Å²) < 4.78 is 5.51. The van der Waals surface area contributed by atoms with Crippen LogP contribution in [0.1, 0.15) is 32.1 Å². The van der Waals surface area contributed by atoms with Crippen LogP contribution >= 0.6 is 0 Å². The van der Waals surface area contributed by atoms with Crippen LogP contribution < -0.4 is 5.32 Å². The number of likely N-dealkylation sites (tertiary alicyclic amines) is 1. The van der Waals surface area contributed by atoms with E-state index < -0.39 is 0 Å². The first-order chi connectivity index (χ1) is 9.29. The average Bonchev–Trinajstić information content (AvgIpc) is 2.46. The van der Waals surface area contributed by atoms with Crippen LogP contribution in [0.15, 0.2) is 0 Å². The zero-order chi connectivity index (χ0) is 13.5. The molecule has 0 radical (unpaired) electrons. The summed E-state index contributed by atoms with van der Waals surface area (Å²) >= 11 is 0. The van der Waals surface area contributed by atoms with Gasteiger partial charge in [-0.15, -0.1) is 0 Å². The lowest BCUT2D eigenvalue weighted by atomic mass is 9.93. The molecule has 0 spiro atoms. The minimum atomic E-state index is 0.0782. The van der Waals surface area contributed by atoms with Crippen LogP contribution in [-0.4, -0.2) is 61.4 Å². The van der Waals surface area contributed by atoms with Crippen molar-refractivity contribution in [1.29, 1.82) is 0 Å². The van der Waals surface area contributed by atoms with E-state index in [1.807, 2.05) is 4.90 Å². The summed E-state index contributed by atoms with van der Waals surface area (Å²) in [6, 6.07) is 0. The molecule has 19 heavy (non-hydrogen) atoms. The van der Waals surface area contributed by atoms with Crippen LogP contribution in [0.25, 0.3) is 0 Å². The van der Waals surface area contributed by atoms with Crippen molar-refractivity contribution >= 4 is 5.91 Å². The third-order valence-electron chi connectivity index (χ3n) is 4.16. The topological polar surface area (TPSA) is 61.8 Å². The zero-order valence-electron chi connectivity index (χ0n) is 11.6. The van der Waals surface area contributed by atoms with E-state index in [1.54, 1.807) is 0 Å².